The third-order valence-corrected chi connectivity index (χ3v) is 7.38. The second kappa shape index (κ2) is 11.8. The predicted octanol–water partition coefficient (Wildman–Crippen LogP) is 4.48. The number of carbonyl (C=O) groups is 1. The number of benzene rings is 2. The monoisotopic (exact) mass is 462 g/mol. The summed E-state index contributed by atoms with van der Waals surface area (Å²) < 4.78 is 37.7. The smallest absolute Gasteiger partial charge is 0.264 e. The lowest BCUT2D eigenvalue weighted by atomic mass is 9.99. The van der Waals surface area contributed by atoms with E-state index in [-0.39, 0.29) is 10.8 Å². The first-order valence-corrected chi connectivity index (χ1v) is 12.3. The number of unbranched alkanes of at least 4 members (excludes halogenated alkanes) is 1. The van der Waals surface area contributed by atoms with Crippen LogP contribution in [-0.4, -0.2) is 42.1 Å². The Balaban J connectivity index is 2.12. The molecule has 0 heterocycles. The molecule has 2 aromatic carbocycles. The van der Waals surface area contributed by atoms with Gasteiger partial charge >= 0.3 is 0 Å². The van der Waals surface area contributed by atoms with Crippen LogP contribution in [0.15, 0.2) is 47.4 Å². The molecule has 0 spiro atoms. The van der Waals surface area contributed by atoms with Gasteiger partial charge < -0.3 is 14.8 Å². The first kappa shape index (κ1) is 25.5. The van der Waals surface area contributed by atoms with Gasteiger partial charge in [-0.15, -0.1) is 0 Å². The van der Waals surface area contributed by atoms with Gasteiger partial charge in [0.2, 0.25) is 0 Å². The fourth-order valence-electron chi connectivity index (χ4n) is 3.38. The van der Waals surface area contributed by atoms with Crippen LogP contribution in [0.3, 0.4) is 0 Å². The van der Waals surface area contributed by atoms with E-state index in [1.807, 2.05) is 0 Å². The Bertz CT molecular complexity index is 990. The van der Waals surface area contributed by atoms with E-state index in [1.165, 1.54) is 37.7 Å². The predicted molar refractivity (Wildman–Crippen MR) is 127 cm³/mol. The van der Waals surface area contributed by atoms with Gasteiger partial charge in [0.1, 0.15) is 0 Å². The summed E-state index contributed by atoms with van der Waals surface area (Å²) in [5, 5.41) is 2.99. The molecule has 0 aliphatic rings. The zero-order valence-electron chi connectivity index (χ0n) is 19.6. The molecular weight excluding hydrogens is 428 g/mol. The maximum atomic E-state index is 13.1. The molecule has 8 heteroatoms. The lowest BCUT2D eigenvalue weighted by Crippen LogP contribution is -2.29. The fourth-order valence-corrected chi connectivity index (χ4v) is 4.59. The highest BCUT2D eigenvalue weighted by Crippen LogP contribution is 2.31. The molecule has 1 N–H and O–H groups in total. The topological polar surface area (TPSA) is 84.9 Å². The summed E-state index contributed by atoms with van der Waals surface area (Å²) in [6.07, 6.45) is 4.43. The van der Waals surface area contributed by atoms with Crippen molar-refractivity contribution in [3.05, 3.63) is 48.0 Å². The zero-order chi connectivity index (χ0) is 23.7. The summed E-state index contributed by atoms with van der Waals surface area (Å²) in [6, 6.07) is 11.0. The zero-order valence-corrected chi connectivity index (χ0v) is 20.4. The Morgan fingerprint density at radius 3 is 2.25 bits per heavy atom. The number of rotatable bonds is 12. The number of nitrogens with one attached hydrogen (secondary N) is 1. The van der Waals surface area contributed by atoms with Crippen LogP contribution in [0.4, 0.5) is 5.69 Å². The van der Waals surface area contributed by atoms with Crippen molar-refractivity contribution in [2.45, 2.75) is 44.4 Å². The van der Waals surface area contributed by atoms with Gasteiger partial charge in [0.05, 0.1) is 24.8 Å². The van der Waals surface area contributed by atoms with Crippen LogP contribution in [0.5, 0.6) is 11.5 Å². The van der Waals surface area contributed by atoms with Crippen LogP contribution in [-0.2, 0) is 10.0 Å². The number of amides is 1. The largest absolute Gasteiger partial charge is 0.493 e. The van der Waals surface area contributed by atoms with Crippen LogP contribution in [0, 0.1) is 5.92 Å². The first-order chi connectivity index (χ1) is 15.3. The number of sulfonamides is 1. The molecule has 1 atom stereocenters. The maximum Gasteiger partial charge on any atom is 0.264 e. The van der Waals surface area contributed by atoms with Gasteiger partial charge in [-0.25, -0.2) is 8.42 Å². The number of hydrogen-bond donors (Lipinski definition) is 1. The lowest BCUT2D eigenvalue weighted by molar-refractivity contribution is 0.0946. The molecule has 176 valence electrons. The van der Waals surface area contributed by atoms with Gasteiger partial charge in [-0.3, -0.25) is 9.10 Å². The van der Waals surface area contributed by atoms with Gasteiger partial charge in [-0.2, -0.15) is 0 Å². The van der Waals surface area contributed by atoms with Crippen molar-refractivity contribution in [1.29, 1.82) is 0 Å². The summed E-state index contributed by atoms with van der Waals surface area (Å²) in [7, 11) is 0.596. The number of nitrogens with zero attached hydrogens (tertiary/aromatic N) is 1. The normalized spacial score (nSPS) is 12.2. The van der Waals surface area contributed by atoms with Gasteiger partial charge in [0.15, 0.2) is 11.5 Å². The molecule has 0 aliphatic heterocycles. The molecular formula is C24H34N2O5S. The summed E-state index contributed by atoms with van der Waals surface area (Å²) in [4.78, 5) is 12.6. The van der Waals surface area contributed by atoms with E-state index in [0.717, 1.165) is 25.7 Å². The third-order valence-electron chi connectivity index (χ3n) is 5.60. The van der Waals surface area contributed by atoms with Crippen LogP contribution in [0.25, 0.3) is 0 Å². The minimum Gasteiger partial charge on any atom is -0.493 e. The second-order valence-electron chi connectivity index (χ2n) is 7.66. The lowest BCUT2D eigenvalue weighted by Gasteiger charge is -2.20. The second-order valence-corrected chi connectivity index (χ2v) is 9.63. The quantitative estimate of drug-likeness (QED) is 0.503. The highest BCUT2D eigenvalue weighted by molar-refractivity contribution is 7.92. The van der Waals surface area contributed by atoms with E-state index in [0.29, 0.717) is 35.2 Å². The van der Waals surface area contributed by atoms with Gasteiger partial charge in [0.25, 0.3) is 15.9 Å². The molecule has 0 saturated carbocycles. The van der Waals surface area contributed by atoms with Crippen molar-refractivity contribution >= 4 is 21.6 Å². The molecule has 1 amide bonds. The van der Waals surface area contributed by atoms with Crippen LogP contribution in [0.2, 0.25) is 0 Å². The van der Waals surface area contributed by atoms with Crippen molar-refractivity contribution in [3.63, 3.8) is 0 Å². The molecule has 0 saturated heterocycles. The van der Waals surface area contributed by atoms with Gasteiger partial charge in [-0.05, 0) is 48.7 Å². The Morgan fingerprint density at radius 1 is 1.03 bits per heavy atom. The standard InChI is InChI=1S/C24H34N2O5S/c1-6-8-9-18(7-2)17-25-24(27)19-10-12-20(13-11-19)26(3)32(28,29)21-14-15-22(30-4)23(16-21)31-5/h10-16,18H,6-9,17H2,1-5H3,(H,25,27). The minimum absolute atomic E-state index is 0.0807. The highest BCUT2D eigenvalue weighted by atomic mass is 32.2. The maximum absolute atomic E-state index is 13.1. The van der Waals surface area contributed by atoms with Crippen molar-refractivity contribution in [2.24, 2.45) is 5.92 Å². The van der Waals surface area contributed by atoms with Gasteiger partial charge in [-0.1, -0.05) is 33.1 Å². The van der Waals surface area contributed by atoms with Gasteiger partial charge in [0, 0.05) is 25.2 Å². The molecule has 0 aromatic heterocycles. The van der Waals surface area contributed by atoms with E-state index in [2.05, 4.69) is 19.2 Å². The average molecular weight is 463 g/mol. The highest BCUT2D eigenvalue weighted by Gasteiger charge is 2.23. The van der Waals surface area contributed by atoms with Crippen LogP contribution in [0.1, 0.15) is 49.9 Å². The van der Waals surface area contributed by atoms with Crippen molar-refractivity contribution in [2.75, 3.05) is 32.1 Å². The molecule has 7 nitrogen and oxygen atoms in total. The number of anilines is 1. The van der Waals surface area contributed by atoms with Crippen molar-refractivity contribution in [3.8, 4) is 11.5 Å². The van der Waals surface area contributed by atoms with Crippen LogP contribution < -0.4 is 19.1 Å². The molecule has 0 aliphatic carbocycles. The Hall–Kier alpha value is -2.74. The summed E-state index contributed by atoms with van der Waals surface area (Å²) in [5.74, 6) is 1.09. The molecule has 0 fully saturated rings. The molecule has 2 rings (SSSR count). The van der Waals surface area contributed by atoms with Crippen molar-refractivity contribution in [1.82, 2.24) is 5.32 Å². The summed E-state index contributed by atoms with van der Waals surface area (Å²) in [5.41, 5.74) is 0.946. The van der Waals surface area contributed by atoms with E-state index in [4.69, 9.17) is 9.47 Å². The average Bonchev–Trinajstić information content (AvgIpc) is 2.83. The number of hydrogen-bond acceptors (Lipinski definition) is 5. The SMILES string of the molecule is CCCCC(CC)CNC(=O)c1ccc(N(C)S(=O)(=O)c2ccc(OC)c(OC)c2)cc1. The fraction of sp³-hybridized carbons (Fsp3) is 0.458. The summed E-state index contributed by atoms with van der Waals surface area (Å²) in [6.45, 7) is 4.94. The van der Waals surface area contributed by atoms with E-state index in [9.17, 15) is 13.2 Å². The van der Waals surface area contributed by atoms with E-state index in [1.54, 1.807) is 30.3 Å². The van der Waals surface area contributed by atoms with E-state index < -0.39 is 10.0 Å². The Kier molecular flexibility index (Phi) is 9.38. The third kappa shape index (κ3) is 6.16. The molecule has 1 unspecified atom stereocenters. The number of methoxy groups -OCH3 is 2. The molecule has 0 bridgehead atoms. The van der Waals surface area contributed by atoms with E-state index >= 15 is 0 Å². The first-order valence-electron chi connectivity index (χ1n) is 10.9. The summed E-state index contributed by atoms with van der Waals surface area (Å²) >= 11 is 0. The Morgan fingerprint density at radius 2 is 1.69 bits per heavy atom. The molecule has 32 heavy (non-hydrogen) atoms. The molecule has 2 aromatic rings. The molecule has 0 radical (unpaired) electrons. The number of ether oxygens (including phenoxy) is 2. The van der Waals surface area contributed by atoms with Crippen molar-refractivity contribution < 1.29 is 22.7 Å². The Labute approximate surface area is 191 Å². The minimum atomic E-state index is -3.82. The number of carbonyl (C=O) groups excluding carboxylic acids is 1. The van der Waals surface area contributed by atoms with Crippen LogP contribution >= 0.6 is 0 Å².